The Labute approximate surface area is 156 Å². The molecule has 7 nitrogen and oxygen atoms in total. The van der Waals surface area contributed by atoms with Crippen molar-refractivity contribution in [3.8, 4) is 11.5 Å². The number of hydrogen-bond acceptors (Lipinski definition) is 7. The van der Waals surface area contributed by atoms with Crippen LogP contribution < -0.4 is 10.0 Å². The smallest absolute Gasteiger partial charge is 0.257 e. The van der Waals surface area contributed by atoms with Crippen molar-refractivity contribution >= 4 is 21.4 Å². The molecular weight excluding hydrogens is 372 g/mol. The molecule has 0 aliphatic heterocycles. The monoisotopic (exact) mass is 392 g/mol. The summed E-state index contributed by atoms with van der Waals surface area (Å²) >= 11 is 1.51. The topological polar surface area (TPSA) is 97.1 Å². The van der Waals surface area contributed by atoms with E-state index < -0.39 is 10.0 Å². The summed E-state index contributed by atoms with van der Waals surface area (Å²) in [7, 11) is -1.70. The third-order valence-electron chi connectivity index (χ3n) is 3.88. The van der Waals surface area contributed by atoms with Gasteiger partial charge in [0.15, 0.2) is 5.82 Å². The molecule has 0 aliphatic carbocycles. The highest BCUT2D eigenvalue weighted by Crippen LogP contribution is 2.20. The van der Waals surface area contributed by atoms with E-state index in [1.807, 2.05) is 31.5 Å². The molecule has 3 rings (SSSR count). The van der Waals surface area contributed by atoms with Crippen LogP contribution in [0.2, 0.25) is 0 Å². The van der Waals surface area contributed by atoms with Crippen LogP contribution in [-0.4, -0.2) is 31.6 Å². The number of benzene rings is 1. The van der Waals surface area contributed by atoms with E-state index in [1.165, 1.54) is 23.5 Å². The fourth-order valence-corrected chi connectivity index (χ4v) is 4.01. The van der Waals surface area contributed by atoms with Gasteiger partial charge >= 0.3 is 0 Å². The Morgan fingerprint density at radius 2 is 2.00 bits per heavy atom. The van der Waals surface area contributed by atoms with E-state index in [2.05, 4.69) is 20.2 Å². The molecular formula is C17H20N4O3S2. The Hall–Kier alpha value is -2.07. The highest BCUT2D eigenvalue weighted by Gasteiger charge is 2.16. The molecule has 2 heterocycles. The first-order chi connectivity index (χ1) is 12.5. The van der Waals surface area contributed by atoms with E-state index in [9.17, 15) is 8.42 Å². The zero-order valence-corrected chi connectivity index (χ0v) is 16.1. The van der Waals surface area contributed by atoms with Gasteiger partial charge in [0.1, 0.15) is 0 Å². The maximum Gasteiger partial charge on any atom is 0.257 e. The summed E-state index contributed by atoms with van der Waals surface area (Å²) in [6.07, 6.45) is 0.652. The summed E-state index contributed by atoms with van der Waals surface area (Å²) in [5, 5.41) is 8.98. The van der Waals surface area contributed by atoms with Crippen molar-refractivity contribution in [2.75, 3.05) is 7.05 Å². The lowest BCUT2D eigenvalue weighted by Gasteiger charge is -2.06. The first kappa shape index (κ1) is 18.7. The van der Waals surface area contributed by atoms with Gasteiger partial charge in [-0.25, -0.2) is 13.1 Å². The van der Waals surface area contributed by atoms with E-state index >= 15 is 0 Å². The zero-order valence-electron chi connectivity index (χ0n) is 14.5. The van der Waals surface area contributed by atoms with Gasteiger partial charge in [-0.05, 0) is 49.7 Å². The van der Waals surface area contributed by atoms with Crippen LogP contribution in [0.15, 0.2) is 51.2 Å². The largest absolute Gasteiger partial charge is 0.334 e. The molecule has 0 aliphatic rings. The second-order valence-corrected chi connectivity index (χ2v) is 8.64. The molecule has 0 amide bonds. The van der Waals surface area contributed by atoms with Gasteiger partial charge in [-0.3, -0.25) is 0 Å². The first-order valence-electron chi connectivity index (χ1n) is 8.10. The molecule has 1 aromatic carbocycles. The minimum absolute atomic E-state index is 0.196. The molecule has 1 unspecified atom stereocenters. The number of nitrogens with one attached hydrogen (secondary N) is 2. The van der Waals surface area contributed by atoms with E-state index in [1.54, 1.807) is 12.1 Å². The van der Waals surface area contributed by atoms with Crippen LogP contribution in [-0.2, 0) is 23.0 Å². The van der Waals surface area contributed by atoms with E-state index in [0.717, 1.165) is 4.88 Å². The minimum atomic E-state index is -3.57. The Morgan fingerprint density at radius 1 is 1.23 bits per heavy atom. The van der Waals surface area contributed by atoms with Crippen LogP contribution in [0.5, 0.6) is 0 Å². The molecule has 0 spiro atoms. The summed E-state index contributed by atoms with van der Waals surface area (Å²) < 4.78 is 32.6. The predicted molar refractivity (Wildman–Crippen MR) is 100 cm³/mol. The Kier molecular flexibility index (Phi) is 5.82. The van der Waals surface area contributed by atoms with Crippen LogP contribution in [0.25, 0.3) is 11.5 Å². The van der Waals surface area contributed by atoms with Crippen molar-refractivity contribution in [3.05, 3.63) is 52.5 Å². The predicted octanol–water partition coefficient (Wildman–Crippen LogP) is 2.43. The third-order valence-corrected chi connectivity index (χ3v) is 6.17. The maximum atomic E-state index is 12.4. The average Bonchev–Trinajstić information content (AvgIpc) is 3.32. The molecule has 2 N–H and O–H groups in total. The SMILES string of the molecule is CNC(C)Cc1noc(-c2ccc(S(=O)(=O)NCc3cccs3)cc2)n1. The van der Waals surface area contributed by atoms with Crippen LogP contribution >= 0.6 is 11.3 Å². The van der Waals surface area contributed by atoms with E-state index in [0.29, 0.717) is 23.7 Å². The molecule has 0 fully saturated rings. The molecule has 3 aromatic rings. The summed E-state index contributed by atoms with van der Waals surface area (Å²) in [4.78, 5) is 5.50. The molecule has 0 saturated heterocycles. The van der Waals surface area contributed by atoms with Gasteiger partial charge in [-0.1, -0.05) is 11.2 Å². The van der Waals surface area contributed by atoms with Gasteiger partial charge in [0, 0.05) is 29.4 Å². The molecule has 138 valence electrons. The van der Waals surface area contributed by atoms with Crippen LogP contribution in [0, 0.1) is 0 Å². The van der Waals surface area contributed by atoms with Crippen LogP contribution in [0.3, 0.4) is 0 Å². The lowest BCUT2D eigenvalue weighted by atomic mass is 10.2. The highest BCUT2D eigenvalue weighted by molar-refractivity contribution is 7.89. The Balaban J connectivity index is 1.69. The minimum Gasteiger partial charge on any atom is -0.334 e. The van der Waals surface area contributed by atoms with Gasteiger partial charge in [0.25, 0.3) is 5.89 Å². The van der Waals surface area contributed by atoms with Crippen LogP contribution in [0.1, 0.15) is 17.6 Å². The molecule has 0 bridgehead atoms. The van der Waals surface area contributed by atoms with E-state index in [-0.39, 0.29) is 17.5 Å². The quantitative estimate of drug-likeness (QED) is 0.611. The molecule has 9 heteroatoms. The summed E-state index contributed by atoms with van der Waals surface area (Å²) in [5.74, 6) is 0.981. The van der Waals surface area contributed by atoms with Gasteiger partial charge in [-0.2, -0.15) is 4.98 Å². The summed E-state index contributed by atoms with van der Waals surface area (Å²) in [6.45, 7) is 2.30. The van der Waals surface area contributed by atoms with Gasteiger partial charge in [0.05, 0.1) is 4.90 Å². The number of sulfonamides is 1. The van der Waals surface area contributed by atoms with Crippen molar-refractivity contribution in [3.63, 3.8) is 0 Å². The maximum absolute atomic E-state index is 12.4. The highest BCUT2D eigenvalue weighted by atomic mass is 32.2. The fraction of sp³-hybridized carbons (Fsp3) is 0.294. The first-order valence-corrected chi connectivity index (χ1v) is 10.5. The molecule has 2 aromatic heterocycles. The number of thiophene rings is 1. The second-order valence-electron chi connectivity index (χ2n) is 5.84. The standard InChI is InChI=1S/C17H20N4O3S2/c1-12(18-2)10-16-20-17(24-21-16)13-5-7-15(8-6-13)26(22,23)19-11-14-4-3-9-25-14/h3-9,12,18-19H,10-11H2,1-2H3. The summed E-state index contributed by atoms with van der Waals surface area (Å²) in [5.41, 5.74) is 0.679. The number of aromatic nitrogens is 2. The van der Waals surface area contributed by atoms with Crippen molar-refractivity contribution in [2.45, 2.75) is 30.8 Å². The lowest BCUT2D eigenvalue weighted by Crippen LogP contribution is -2.24. The number of nitrogens with zero attached hydrogens (tertiary/aromatic N) is 2. The zero-order chi connectivity index (χ0) is 18.6. The summed E-state index contributed by atoms with van der Waals surface area (Å²) in [6, 6.07) is 10.4. The van der Waals surface area contributed by atoms with Crippen molar-refractivity contribution in [1.82, 2.24) is 20.2 Å². The molecule has 26 heavy (non-hydrogen) atoms. The molecule has 1 atom stereocenters. The van der Waals surface area contributed by atoms with Crippen molar-refractivity contribution in [1.29, 1.82) is 0 Å². The molecule has 0 saturated carbocycles. The number of rotatable bonds is 8. The number of hydrogen-bond donors (Lipinski definition) is 2. The number of likely N-dealkylation sites (N-methyl/N-ethyl adjacent to an activating group) is 1. The average molecular weight is 393 g/mol. The second kappa shape index (κ2) is 8.09. The normalized spacial score (nSPS) is 13.0. The van der Waals surface area contributed by atoms with E-state index in [4.69, 9.17) is 4.52 Å². The van der Waals surface area contributed by atoms with Gasteiger partial charge < -0.3 is 9.84 Å². The van der Waals surface area contributed by atoms with Crippen molar-refractivity contribution < 1.29 is 12.9 Å². The fourth-order valence-electron chi connectivity index (χ4n) is 2.27. The Morgan fingerprint density at radius 3 is 2.65 bits per heavy atom. The van der Waals surface area contributed by atoms with Gasteiger partial charge in [-0.15, -0.1) is 11.3 Å². The lowest BCUT2D eigenvalue weighted by molar-refractivity contribution is 0.418. The van der Waals surface area contributed by atoms with Gasteiger partial charge in [0.2, 0.25) is 10.0 Å². The third kappa shape index (κ3) is 4.55. The van der Waals surface area contributed by atoms with Crippen LogP contribution in [0.4, 0.5) is 0 Å². The van der Waals surface area contributed by atoms with Crippen molar-refractivity contribution in [2.24, 2.45) is 0 Å². The molecule has 0 radical (unpaired) electrons. The Bertz CT molecular complexity index is 935.